The van der Waals surface area contributed by atoms with E-state index in [1.807, 2.05) is 19.1 Å². The standard InChI is InChI=1S/C16H25N3O/c1-4-12-10-19(13(5-2)9-18-12)14-6-7-15(16(17)20)11(3)8-14/h6-8,12-13,18H,4-5,9-10H2,1-3H3,(H2,17,20). The van der Waals surface area contributed by atoms with Gasteiger partial charge in [0.1, 0.15) is 0 Å². The fourth-order valence-corrected chi connectivity index (χ4v) is 2.92. The molecule has 110 valence electrons. The Morgan fingerprint density at radius 2 is 2.15 bits per heavy atom. The van der Waals surface area contributed by atoms with Gasteiger partial charge in [-0.3, -0.25) is 4.79 Å². The molecule has 2 rings (SSSR count). The summed E-state index contributed by atoms with van der Waals surface area (Å²) < 4.78 is 0. The molecule has 0 bridgehead atoms. The van der Waals surface area contributed by atoms with Crippen LogP contribution in [0.4, 0.5) is 5.69 Å². The minimum Gasteiger partial charge on any atom is -0.366 e. The van der Waals surface area contributed by atoms with Gasteiger partial charge in [0.2, 0.25) is 5.91 Å². The van der Waals surface area contributed by atoms with Crippen LogP contribution in [0, 0.1) is 6.92 Å². The smallest absolute Gasteiger partial charge is 0.248 e. The van der Waals surface area contributed by atoms with Crippen LogP contribution in [0.3, 0.4) is 0 Å². The van der Waals surface area contributed by atoms with E-state index in [0.29, 0.717) is 17.6 Å². The number of hydrogen-bond donors (Lipinski definition) is 2. The summed E-state index contributed by atoms with van der Waals surface area (Å²) in [7, 11) is 0. The molecule has 2 atom stereocenters. The molecule has 0 saturated carbocycles. The fraction of sp³-hybridized carbons (Fsp3) is 0.562. The number of carbonyl (C=O) groups is 1. The first-order chi connectivity index (χ1) is 9.56. The van der Waals surface area contributed by atoms with Gasteiger partial charge in [0, 0.05) is 36.4 Å². The second-order valence-electron chi connectivity index (χ2n) is 5.59. The molecule has 1 aromatic rings. The van der Waals surface area contributed by atoms with Crippen molar-refractivity contribution < 1.29 is 4.79 Å². The summed E-state index contributed by atoms with van der Waals surface area (Å²) in [5.41, 5.74) is 8.14. The first kappa shape index (κ1) is 14.9. The summed E-state index contributed by atoms with van der Waals surface area (Å²) in [5, 5.41) is 3.60. The molecule has 0 radical (unpaired) electrons. The van der Waals surface area contributed by atoms with Crippen molar-refractivity contribution >= 4 is 11.6 Å². The first-order valence-electron chi connectivity index (χ1n) is 7.47. The van der Waals surface area contributed by atoms with E-state index < -0.39 is 0 Å². The summed E-state index contributed by atoms with van der Waals surface area (Å²) in [5.74, 6) is -0.354. The fourth-order valence-electron chi connectivity index (χ4n) is 2.92. The lowest BCUT2D eigenvalue weighted by Gasteiger charge is -2.41. The van der Waals surface area contributed by atoms with Gasteiger partial charge in [0.25, 0.3) is 0 Å². The topological polar surface area (TPSA) is 58.4 Å². The maximum absolute atomic E-state index is 11.3. The predicted molar refractivity (Wildman–Crippen MR) is 83.2 cm³/mol. The van der Waals surface area contributed by atoms with Crippen molar-refractivity contribution in [3.63, 3.8) is 0 Å². The van der Waals surface area contributed by atoms with Crippen molar-refractivity contribution in [3.05, 3.63) is 29.3 Å². The molecule has 0 aromatic heterocycles. The molecule has 20 heavy (non-hydrogen) atoms. The van der Waals surface area contributed by atoms with Crippen molar-refractivity contribution in [1.29, 1.82) is 0 Å². The third-order valence-corrected chi connectivity index (χ3v) is 4.27. The first-order valence-corrected chi connectivity index (χ1v) is 7.47. The molecule has 1 aliphatic rings. The highest BCUT2D eigenvalue weighted by Gasteiger charge is 2.26. The Bertz CT molecular complexity index is 487. The quantitative estimate of drug-likeness (QED) is 0.884. The van der Waals surface area contributed by atoms with E-state index in [0.717, 1.165) is 31.5 Å². The highest BCUT2D eigenvalue weighted by Crippen LogP contribution is 2.24. The van der Waals surface area contributed by atoms with E-state index in [1.165, 1.54) is 5.69 Å². The average molecular weight is 275 g/mol. The SMILES string of the molecule is CCC1CN(c2ccc(C(N)=O)c(C)c2)C(CC)CN1. The van der Waals surface area contributed by atoms with Gasteiger partial charge in [-0.2, -0.15) is 0 Å². The number of anilines is 1. The van der Waals surface area contributed by atoms with Crippen molar-refractivity contribution in [3.8, 4) is 0 Å². The normalized spacial score (nSPS) is 22.9. The average Bonchev–Trinajstić information content (AvgIpc) is 2.46. The van der Waals surface area contributed by atoms with E-state index in [4.69, 9.17) is 5.73 Å². The molecule has 0 spiro atoms. The minimum atomic E-state index is -0.354. The van der Waals surface area contributed by atoms with Gasteiger partial charge in [0.15, 0.2) is 0 Å². The molecule has 1 aliphatic heterocycles. The highest BCUT2D eigenvalue weighted by molar-refractivity contribution is 5.94. The van der Waals surface area contributed by atoms with Crippen molar-refractivity contribution in [2.45, 2.75) is 45.7 Å². The van der Waals surface area contributed by atoms with Crippen LogP contribution in [0.15, 0.2) is 18.2 Å². The lowest BCUT2D eigenvalue weighted by molar-refractivity contribution is 0.0999. The monoisotopic (exact) mass is 275 g/mol. The summed E-state index contributed by atoms with van der Waals surface area (Å²) in [6.07, 6.45) is 2.24. The molecule has 1 heterocycles. The molecule has 4 heteroatoms. The number of nitrogens with one attached hydrogen (secondary N) is 1. The van der Waals surface area contributed by atoms with Crippen LogP contribution in [-0.4, -0.2) is 31.1 Å². The van der Waals surface area contributed by atoms with Crippen molar-refractivity contribution in [2.24, 2.45) is 5.73 Å². The van der Waals surface area contributed by atoms with E-state index in [2.05, 4.69) is 30.1 Å². The Morgan fingerprint density at radius 1 is 1.40 bits per heavy atom. The van der Waals surface area contributed by atoms with Gasteiger partial charge >= 0.3 is 0 Å². The number of nitrogens with two attached hydrogens (primary N) is 1. The summed E-state index contributed by atoms with van der Waals surface area (Å²) in [6, 6.07) is 7.00. The summed E-state index contributed by atoms with van der Waals surface area (Å²) in [4.78, 5) is 13.8. The molecule has 2 unspecified atom stereocenters. The molecular formula is C16H25N3O. The molecule has 1 fully saturated rings. The summed E-state index contributed by atoms with van der Waals surface area (Å²) in [6.45, 7) is 8.42. The molecule has 1 saturated heterocycles. The lowest BCUT2D eigenvalue weighted by atomic mass is 10.0. The Morgan fingerprint density at radius 3 is 2.70 bits per heavy atom. The van der Waals surface area contributed by atoms with Crippen LogP contribution < -0.4 is 16.0 Å². The number of hydrogen-bond acceptors (Lipinski definition) is 3. The Hall–Kier alpha value is -1.55. The van der Waals surface area contributed by atoms with Gasteiger partial charge < -0.3 is 16.0 Å². The highest BCUT2D eigenvalue weighted by atomic mass is 16.1. The van der Waals surface area contributed by atoms with Crippen LogP contribution >= 0.6 is 0 Å². The van der Waals surface area contributed by atoms with E-state index >= 15 is 0 Å². The van der Waals surface area contributed by atoms with Crippen LogP contribution in [-0.2, 0) is 0 Å². The number of rotatable bonds is 4. The van der Waals surface area contributed by atoms with Gasteiger partial charge in [-0.05, 0) is 43.5 Å². The molecule has 1 amide bonds. The van der Waals surface area contributed by atoms with Crippen LogP contribution in [0.5, 0.6) is 0 Å². The molecular weight excluding hydrogens is 250 g/mol. The Kier molecular flexibility index (Phi) is 4.65. The number of amides is 1. The maximum atomic E-state index is 11.3. The molecule has 3 N–H and O–H groups in total. The Labute approximate surface area is 121 Å². The Balaban J connectivity index is 2.27. The summed E-state index contributed by atoms with van der Waals surface area (Å²) >= 11 is 0. The van der Waals surface area contributed by atoms with Crippen LogP contribution in [0.1, 0.15) is 42.6 Å². The van der Waals surface area contributed by atoms with Gasteiger partial charge in [-0.1, -0.05) is 13.8 Å². The third kappa shape index (κ3) is 2.96. The molecule has 0 aliphatic carbocycles. The predicted octanol–water partition coefficient (Wildman–Crippen LogP) is 2.06. The van der Waals surface area contributed by atoms with Gasteiger partial charge in [0.05, 0.1) is 0 Å². The van der Waals surface area contributed by atoms with Crippen molar-refractivity contribution in [1.82, 2.24) is 5.32 Å². The van der Waals surface area contributed by atoms with Gasteiger partial charge in [-0.15, -0.1) is 0 Å². The number of benzene rings is 1. The number of carbonyl (C=O) groups excluding carboxylic acids is 1. The van der Waals surface area contributed by atoms with E-state index in [1.54, 1.807) is 0 Å². The largest absolute Gasteiger partial charge is 0.366 e. The van der Waals surface area contributed by atoms with E-state index in [9.17, 15) is 4.79 Å². The van der Waals surface area contributed by atoms with Crippen LogP contribution in [0.25, 0.3) is 0 Å². The minimum absolute atomic E-state index is 0.354. The number of piperazine rings is 1. The van der Waals surface area contributed by atoms with Gasteiger partial charge in [-0.25, -0.2) is 0 Å². The van der Waals surface area contributed by atoms with Crippen molar-refractivity contribution in [2.75, 3.05) is 18.0 Å². The lowest BCUT2D eigenvalue weighted by Crippen LogP contribution is -2.56. The number of nitrogens with zero attached hydrogens (tertiary/aromatic N) is 1. The van der Waals surface area contributed by atoms with E-state index in [-0.39, 0.29) is 5.91 Å². The number of aryl methyl sites for hydroxylation is 1. The zero-order valence-corrected chi connectivity index (χ0v) is 12.6. The van der Waals surface area contributed by atoms with Crippen LogP contribution in [0.2, 0.25) is 0 Å². The third-order valence-electron chi connectivity index (χ3n) is 4.27. The zero-order valence-electron chi connectivity index (χ0n) is 12.6. The second-order valence-corrected chi connectivity index (χ2v) is 5.59. The molecule has 4 nitrogen and oxygen atoms in total. The second kappa shape index (κ2) is 6.27. The molecule has 1 aromatic carbocycles. The maximum Gasteiger partial charge on any atom is 0.248 e. The number of primary amides is 1. The zero-order chi connectivity index (χ0) is 14.7.